The summed E-state index contributed by atoms with van der Waals surface area (Å²) in [5, 5.41) is 10.9. The van der Waals surface area contributed by atoms with Crippen molar-refractivity contribution in [3.63, 3.8) is 0 Å². The highest BCUT2D eigenvalue weighted by Crippen LogP contribution is 2.40. The van der Waals surface area contributed by atoms with Crippen LogP contribution in [0.15, 0.2) is 36.7 Å². The Morgan fingerprint density at radius 2 is 1.38 bits per heavy atom. The summed E-state index contributed by atoms with van der Waals surface area (Å²) in [6, 6.07) is 7.76. The van der Waals surface area contributed by atoms with Gasteiger partial charge in [-0.3, -0.25) is 9.78 Å². The van der Waals surface area contributed by atoms with E-state index in [2.05, 4.69) is 51.4 Å². The maximum atomic E-state index is 13.3. The van der Waals surface area contributed by atoms with E-state index in [1.165, 1.54) is 0 Å². The summed E-state index contributed by atoms with van der Waals surface area (Å²) in [5.41, 5.74) is 2.95. The molecule has 1 N–H and O–H groups in total. The van der Waals surface area contributed by atoms with Crippen molar-refractivity contribution < 1.29 is 9.90 Å². The number of hydrogen-bond donors (Lipinski definition) is 1. The van der Waals surface area contributed by atoms with Gasteiger partial charge in [0, 0.05) is 61.0 Å². The summed E-state index contributed by atoms with van der Waals surface area (Å²) in [6.07, 6.45) is 3.59. The Balaban J connectivity index is 1.86. The summed E-state index contributed by atoms with van der Waals surface area (Å²) in [7, 11) is 0. The number of phenols is 1. The van der Waals surface area contributed by atoms with E-state index in [4.69, 9.17) is 0 Å². The molecule has 5 nitrogen and oxygen atoms in total. The summed E-state index contributed by atoms with van der Waals surface area (Å²) in [4.78, 5) is 21.6. The lowest BCUT2D eigenvalue weighted by Gasteiger charge is -2.36. The van der Waals surface area contributed by atoms with E-state index in [1.54, 1.807) is 12.4 Å². The van der Waals surface area contributed by atoms with Crippen molar-refractivity contribution in [2.45, 2.75) is 52.4 Å². The standard InChI is InChI=1S/C24H33N3O2/c1-23(2,3)19-15-17(16-20(21(19)28)24(4,5)6)22(29)27-13-11-26(12-14-27)18-7-9-25-10-8-18/h7-10,15-16,28H,11-14H2,1-6H3. The van der Waals surface area contributed by atoms with Crippen LogP contribution in [-0.4, -0.2) is 47.1 Å². The van der Waals surface area contributed by atoms with Crippen molar-refractivity contribution in [3.05, 3.63) is 53.3 Å². The number of nitrogens with zero attached hydrogens (tertiary/aromatic N) is 3. The van der Waals surface area contributed by atoms with Crippen molar-refractivity contribution in [2.75, 3.05) is 31.1 Å². The van der Waals surface area contributed by atoms with Crippen LogP contribution in [0.25, 0.3) is 0 Å². The van der Waals surface area contributed by atoms with Gasteiger partial charge in [0.15, 0.2) is 0 Å². The molecule has 1 amide bonds. The molecule has 0 bridgehead atoms. The molecule has 29 heavy (non-hydrogen) atoms. The average Bonchev–Trinajstić information content (AvgIpc) is 2.66. The minimum atomic E-state index is -0.250. The van der Waals surface area contributed by atoms with Crippen LogP contribution in [0.5, 0.6) is 5.75 Å². The molecule has 1 aliphatic rings. The lowest BCUT2D eigenvalue weighted by atomic mass is 9.78. The Bertz CT molecular complexity index is 836. The van der Waals surface area contributed by atoms with Crippen LogP contribution in [0.1, 0.15) is 63.0 Å². The van der Waals surface area contributed by atoms with Crippen LogP contribution < -0.4 is 4.90 Å². The first kappa shape index (κ1) is 21.2. The molecule has 1 saturated heterocycles. The van der Waals surface area contributed by atoms with Gasteiger partial charge in [0.2, 0.25) is 0 Å². The second-order valence-electron chi connectivity index (χ2n) is 9.90. The molecule has 0 atom stereocenters. The first-order valence-electron chi connectivity index (χ1n) is 10.3. The molecule has 1 aromatic carbocycles. The highest BCUT2D eigenvalue weighted by molar-refractivity contribution is 5.95. The van der Waals surface area contributed by atoms with Gasteiger partial charge in [0.05, 0.1) is 0 Å². The largest absolute Gasteiger partial charge is 0.507 e. The minimum Gasteiger partial charge on any atom is -0.507 e. The number of benzene rings is 1. The third kappa shape index (κ3) is 4.55. The molecule has 2 heterocycles. The van der Waals surface area contributed by atoms with Crippen LogP contribution >= 0.6 is 0 Å². The number of anilines is 1. The number of aromatic hydroxyl groups is 1. The SMILES string of the molecule is CC(C)(C)c1cc(C(=O)N2CCN(c3ccncc3)CC2)cc(C(C)(C)C)c1O. The van der Waals surface area contributed by atoms with E-state index in [0.29, 0.717) is 24.4 Å². The monoisotopic (exact) mass is 395 g/mol. The zero-order valence-electron chi connectivity index (χ0n) is 18.5. The number of phenolic OH excluding ortho intramolecular Hbond substituents is 1. The lowest BCUT2D eigenvalue weighted by molar-refractivity contribution is 0.0746. The summed E-state index contributed by atoms with van der Waals surface area (Å²) >= 11 is 0. The molecule has 0 saturated carbocycles. The average molecular weight is 396 g/mol. The first-order valence-corrected chi connectivity index (χ1v) is 10.3. The van der Waals surface area contributed by atoms with E-state index in [9.17, 15) is 9.90 Å². The Kier molecular flexibility index (Phi) is 5.61. The maximum absolute atomic E-state index is 13.3. The van der Waals surface area contributed by atoms with Gasteiger partial charge in [0.25, 0.3) is 5.91 Å². The van der Waals surface area contributed by atoms with Gasteiger partial charge >= 0.3 is 0 Å². The van der Waals surface area contributed by atoms with Crippen molar-refractivity contribution in [2.24, 2.45) is 0 Å². The highest BCUT2D eigenvalue weighted by atomic mass is 16.3. The van der Waals surface area contributed by atoms with Crippen LogP contribution in [0.4, 0.5) is 5.69 Å². The maximum Gasteiger partial charge on any atom is 0.253 e. The van der Waals surface area contributed by atoms with Gasteiger partial charge < -0.3 is 14.9 Å². The zero-order chi connectivity index (χ0) is 21.4. The molecular weight excluding hydrogens is 362 g/mol. The van der Waals surface area contributed by atoms with E-state index in [-0.39, 0.29) is 16.7 Å². The predicted octanol–water partition coefficient (Wildman–Crippen LogP) is 4.34. The third-order valence-corrected chi connectivity index (χ3v) is 5.57. The molecule has 5 heteroatoms. The van der Waals surface area contributed by atoms with E-state index in [0.717, 1.165) is 29.9 Å². The number of amides is 1. The number of carbonyl (C=O) groups excluding carboxylic acids is 1. The molecule has 0 unspecified atom stereocenters. The van der Waals surface area contributed by atoms with Crippen LogP contribution in [0, 0.1) is 0 Å². The van der Waals surface area contributed by atoms with E-state index >= 15 is 0 Å². The molecule has 156 valence electrons. The fourth-order valence-corrected chi connectivity index (χ4v) is 3.81. The highest BCUT2D eigenvalue weighted by Gasteiger charge is 2.30. The van der Waals surface area contributed by atoms with E-state index in [1.807, 2.05) is 29.2 Å². The Hall–Kier alpha value is -2.56. The predicted molar refractivity (Wildman–Crippen MR) is 118 cm³/mol. The molecule has 3 rings (SSSR count). The van der Waals surface area contributed by atoms with Crippen LogP contribution in [-0.2, 0) is 10.8 Å². The smallest absolute Gasteiger partial charge is 0.253 e. The third-order valence-electron chi connectivity index (χ3n) is 5.57. The van der Waals surface area contributed by atoms with Gasteiger partial charge in [-0.15, -0.1) is 0 Å². The molecule has 0 spiro atoms. The molecule has 0 aliphatic carbocycles. The number of aromatic nitrogens is 1. The Morgan fingerprint density at radius 1 is 0.897 bits per heavy atom. The van der Waals surface area contributed by atoms with Gasteiger partial charge in [-0.25, -0.2) is 0 Å². The van der Waals surface area contributed by atoms with Crippen molar-refractivity contribution in [3.8, 4) is 5.75 Å². The molecule has 1 aromatic heterocycles. The van der Waals surface area contributed by atoms with Gasteiger partial charge in [0.1, 0.15) is 5.75 Å². The zero-order valence-corrected chi connectivity index (χ0v) is 18.5. The number of rotatable bonds is 2. The summed E-state index contributed by atoms with van der Waals surface area (Å²) < 4.78 is 0. The fourth-order valence-electron chi connectivity index (χ4n) is 3.81. The number of piperazine rings is 1. The van der Waals surface area contributed by atoms with Crippen LogP contribution in [0.2, 0.25) is 0 Å². The molecule has 1 fully saturated rings. The van der Waals surface area contributed by atoms with Crippen molar-refractivity contribution in [1.82, 2.24) is 9.88 Å². The molecule has 2 aromatic rings. The molecular formula is C24H33N3O2. The summed E-state index contributed by atoms with van der Waals surface area (Å²) in [5.74, 6) is 0.347. The van der Waals surface area contributed by atoms with Gasteiger partial charge in [-0.1, -0.05) is 41.5 Å². The molecule has 1 aliphatic heterocycles. The normalized spacial score (nSPS) is 15.5. The van der Waals surface area contributed by atoms with Crippen molar-refractivity contribution in [1.29, 1.82) is 0 Å². The lowest BCUT2D eigenvalue weighted by Crippen LogP contribution is -2.48. The quantitative estimate of drug-likeness (QED) is 0.822. The van der Waals surface area contributed by atoms with E-state index < -0.39 is 0 Å². The molecule has 0 radical (unpaired) electrons. The fraction of sp³-hybridized carbons (Fsp3) is 0.500. The number of pyridine rings is 1. The second-order valence-corrected chi connectivity index (χ2v) is 9.90. The van der Waals surface area contributed by atoms with Gasteiger partial charge in [-0.2, -0.15) is 0 Å². The Labute approximate surface area is 174 Å². The summed E-state index contributed by atoms with van der Waals surface area (Å²) in [6.45, 7) is 15.3. The van der Waals surface area contributed by atoms with Crippen LogP contribution in [0.3, 0.4) is 0 Å². The number of hydrogen-bond acceptors (Lipinski definition) is 4. The van der Waals surface area contributed by atoms with Crippen molar-refractivity contribution >= 4 is 11.6 Å². The van der Waals surface area contributed by atoms with Gasteiger partial charge in [-0.05, 0) is 35.1 Å². The topological polar surface area (TPSA) is 56.7 Å². The Morgan fingerprint density at radius 3 is 1.83 bits per heavy atom. The number of carbonyl (C=O) groups is 1. The first-order chi connectivity index (χ1) is 13.5. The second kappa shape index (κ2) is 7.69. The minimum absolute atomic E-state index is 0.0374.